The number of amides is 3. The summed E-state index contributed by atoms with van der Waals surface area (Å²) < 4.78 is 0. The van der Waals surface area contributed by atoms with Crippen LogP contribution >= 0.6 is 11.3 Å². The molecule has 1 atom stereocenters. The first-order valence-electron chi connectivity index (χ1n) is 9.62. The minimum atomic E-state index is -0.765. The first-order chi connectivity index (χ1) is 14.3. The smallest absolute Gasteiger partial charge is 0.315 e. The molecule has 8 heteroatoms. The van der Waals surface area contributed by atoms with E-state index in [1.807, 2.05) is 81.4 Å². The maximum absolute atomic E-state index is 12.9. The van der Waals surface area contributed by atoms with Crippen molar-refractivity contribution in [3.63, 3.8) is 0 Å². The molecule has 0 spiro atoms. The number of urea groups is 1. The van der Waals surface area contributed by atoms with Gasteiger partial charge in [-0.05, 0) is 26.3 Å². The first kappa shape index (κ1) is 21.4. The molecular formula is C22H25N5O2S. The Labute approximate surface area is 179 Å². The molecule has 1 aromatic heterocycles. The molecule has 3 amide bonds. The number of carbonyl (C=O) groups excluding carboxylic acids is 2. The number of carbonyl (C=O) groups is 2. The molecule has 1 heterocycles. The lowest BCUT2D eigenvalue weighted by Crippen LogP contribution is -2.53. The summed E-state index contributed by atoms with van der Waals surface area (Å²) >= 11 is 1.28. The minimum absolute atomic E-state index is 0.348. The molecule has 0 aliphatic heterocycles. The van der Waals surface area contributed by atoms with Crippen molar-refractivity contribution in [2.45, 2.75) is 38.8 Å². The third kappa shape index (κ3) is 6.38. The van der Waals surface area contributed by atoms with Crippen molar-refractivity contribution in [3.05, 3.63) is 66.2 Å². The second kappa shape index (κ2) is 9.49. The Morgan fingerprint density at radius 3 is 2.23 bits per heavy atom. The van der Waals surface area contributed by atoms with Gasteiger partial charge in [-0.1, -0.05) is 72.0 Å². The molecule has 0 bridgehead atoms. The van der Waals surface area contributed by atoms with Crippen molar-refractivity contribution in [2.24, 2.45) is 0 Å². The zero-order valence-electron chi connectivity index (χ0n) is 17.2. The van der Waals surface area contributed by atoms with Gasteiger partial charge in [0.15, 0.2) is 0 Å². The molecule has 0 fully saturated rings. The fourth-order valence-electron chi connectivity index (χ4n) is 2.76. The number of hydrogen-bond donors (Lipinski definition) is 3. The number of benzene rings is 2. The summed E-state index contributed by atoms with van der Waals surface area (Å²) in [4.78, 5) is 25.3. The lowest BCUT2D eigenvalue weighted by molar-refractivity contribution is -0.117. The van der Waals surface area contributed by atoms with Gasteiger partial charge in [-0.25, -0.2) is 4.79 Å². The average Bonchev–Trinajstić information content (AvgIpc) is 3.16. The summed E-state index contributed by atoms with van der Waals surface area (Å²) in [5, 5.41) is 17.7. The van der Waals surface area contributed by atoms with E-state index in [1.165, 1.54) is 11.3 Å². The Morgan fingerprint density at radius 2 is 1.60 bits per heavy atom. The van der Waals surface area contributed by atoms with Crippen LogP contribution in [0.2, 0.25) is 0 Å². The molecule has 0 saturated carbocycles. The summed E-state index contributed by atoms with van der Waals surface area (Å²) in [5.41, 5.74) is 1.46. The van der Waals surface area contributed by atoms with Crippen LogP contribution in [0.4, 0.5) is 9.93 Å². The van der Waals surface area contributed by atoms with Gasteiger partial charge in [0, 0.05) is 17.5 Å². The second-order valence-electron chi connectivity index (χ2n) is 7.86. The Bertz CT molecular complexity index is 984. The summed E-state index contributed by atoms with van der Waals surface area (Å²) in [6.07, 6.45) is 0.356. The van der Waals surface area contributed by atoms with Crippen LogP contribution in [0.1, 0.15) is 26.3 Å². The highest BCUT2D eigenvalue weighted by molar-refractivity contribution is 7.18. The number of nitrogens with one attached hydrogen (secondary N) is 3. The summed E-state index contributed by atoms with van der Waals surface area (Å²) in [6, 6.07) is 18.0. The van der Waals surface area contributed by atoms with E-state index in [2.05, 4.69) is 26.1 Å². The Kier molecular flexibility index (Phi) is 6.79. The molecule has 3 rings (SSSR count). The van der Waals surface area contributed by atoms with E-state index < -0.39 is 17.6 Å². The van der Waals surface area contributed by atoms with Crippen LogP contribution < -0.4 is 16.0 Å². The fraction of sp³-hybridized carbons (Fsp3) is 0.273. The Balaban J connectivity index is 1.72. The molecule has 2 aromatic carbocycles. The maximum atomic E-state index is 12.9. The normalized spacial score (nSPS) is 12.1. The van der Waals surface area contributed by atoms with E-state index >= 15 is 0 Å². The average molecular weight is 424 g/mol. The van der Waals surface area contributed by atoms with Gasteiger partial charge in [0.25, 0.3) is 0 Å². The summed E-state index contributed by atoms with van der Waals surface area (Å²) in [6.45, 7) is 5.64. The van der Waals surface area contributed by atoms with E-state index in [1.54, 1.807) is 0 Å². The van der Waals surface area contributed by atoms with Gasteiger partial charge in [0.1, 0.15) is 11.0 Å². The van der Waals surface area contributed by atoms with E-state index in [4.69, 9.17) is 0 Å². The second-order valence-corrected chi connectivity index (χ2v) is 8.84. The molecule has 30 heavy (non-hydrogen) atoms. The van der Waals surface area contributed by atoms with Gasteiger partial charge in [0.05, 0.1) is 0 Å². The number of hydrogen-bond acceptors (Lipinski definition) is 5. The number of nitrogens with zero attached hydrogens (tertiary/aromatic N) is 2. The van der Waals surface area contributed by atoms with Crippen LogP contribution in [0.15, 0.2) is 60.7 Å². The highest BCUT2D eigenvalue weighted by Gasteiger charge is 2.24. The topological polar surface area (TPSA) is 96.0 Å². The zero-order chi connectivity index (χ0) is 21.6. The third-order valence-corrected chi connectivity index (χ3v) is 4.96. The van der Waals surface area contributed by atoms with Crippen LogP contribution in [0.5, 0.6) is 0 Å². The van der Waals surface area contributed by atoms with Gasteiger partial charge in [0.2, 0.25) is 11.0 Å². The monoisotopic (exact) mass is 423 g/mol. The number of rotatable bonds is 6. The van der Waals surface area contributed by atoms with E-state index in [0.717, 1.165) is 11.1 Å². The van der Waals surface area contributed by atoms with Crippen LogP contribution in [0, 0.1) is 0 Å². The summed E-state index contributed by atoms with van der Waals surface area (Å²) in [7, 11) is 0. The largest absolute Gasteiger partial charge is 0.334 e. The van der Waals surface area contributed by atoms with Crippen LogP contribution in [0.3, 0.4) is 0 Å². The lowest BCUT2D eigenvalue weighted by Gasteiger charge is -2.24. The first-order valence-corrected chi connectivity index (χ1v) is 10.4. The number of anilines is 1. The molecule has 0 aliphatic carbocycles. The highest BCUT2D eigenvalue weighted by atomic mass is 32.1. The van der Waals surface area contributed by atoms with Crippen LogP contribution in [-0.2, 0) is 11.2 Å². The summed E-state index contributed by atoms with van der Waals surface area (Å²) in [5.74, 6) is -0.348. The maximum Gasteiger partial charge on any atom is 0.315 e. The van der Waals surface area contributed by atoms with Crippen molar-refractivity contribution in [2.75, 3.05) is 5.32 Å². The number of aromatic nitrogens is 2. The SMILES string of the molecule is CC(C)(C)NC(=O)NC(Cc1ccccc1)C(=O)Nc1nnc(-c2ccccc2)s1. The Morgan fingerprint density at radius 1 is 0.967 bits per heavy atom. The molecule has 156 valence electrons. The van der Waals surface area contributed by atoms with E-state index in [-0.39, 0.29) is 5.91 Å². The van der Waals surface area contributed by atoms with Gasteiger partial charge in [-0.15, -0.1) is 10.2 Å². The highest BCUT2D eigenvalue weighted by Crippen LogP contribution is 2.26. The zero-order valence-corrected chi connectivity index (χ0v) is 18.0. The molecule has 7 nitrogen and oxygen atoms in total. The quantitative estimate of drug-likeness (QED) is 0.561. The van der Waals surface area contributed by atoms with Gasteiger partial charge in [-0.2, -0.15) is 0 Å². The minimum Gasteiger partial charge on any atom is -0.334 e. The van der Waals surface area contributed by atoms with Crippen molar-refractivity contribution < 1.29 is 9.59 Å². The molecule has 3 aromatic rings. The van der Waals surface area contributed by atoms with Crippen LogP contribution in [0.25, 0.3) is 10.6 Å². The van der Waals surface area contributed by atoms with E-state index in [0.29, 0.717) is 16.6 Å². The third-order valence-electron chi connectivity index (χ3n) is 4.07. The van der Waals surface area contributed by atoms with Crippen LogP contribution in [-0.4, -0.2) is 33.7 Å². The molecular weight excluding hydrogens is 398 g/mol. The molecule has 0 aliphatic rings. The molecule has 1 unspecified atom stereocenters. The van der Waals surface area contributed by atoms with Gasteiger partial charge < -0.3 is 10.6 Å². The molecule has 0 saturated heterocycles. The molecule has 0 radical (unpaired) electrons. The van der Waals surface area contributed by atoms with Crippen molar-refractivity contribution in [1.82, 2.24) is 20.8 Å². The van der Waals surface area contributed by atoms with Crippen molar-refractivity contribution >= 4 is 28.4 Å². The van der Waals surface area contributed by atoms with E-state index in [9.17, 15) is 9.59 Å². The Hall–Kier alpha value is -3.26. The lowest BCUT2D eigenvalue weighted by atomic mass is 10.1. The standard InChI is InChI=1S/C22H25N5O2S/c1-22(2,3)25-20(29)23-17(14-15-10-6-4-7-11-15)18(28)24-21-27-26-19(30-21)16-12-8-5-9-13-16/h4-13,17H,14H2,1-3H3,(H2,23,25,29)(H,24,27,28). The van der Waals surface area contributed by atoms with Crippen molar-refractivity contribution in [3.8, 4) is 10.6 Å². The van der Waals surface area contributed by atoms with Gasteiger partial charge >= 0.3 is 6.03 Å². The predicted octanol–water partition coefficient (Wildman–Crippen LogP) is 3.85. The predicted molar refractivity (Wildman–Crippen MR) is 119 cm³/mol. The fourth-order valence-corrected chi connectivity index (χ4v) is 3.51. The van der Waals surface area contributed by atoms with Gasteiger partial charge in [-0.3, -0.25) is 10.1 Å². The van der Waals surface area contributed by atoms with Crippen molar-refractivity contribution in [1.29, 1.82) is 0 Å². The molecule has 3 N–H and O–H groups in total.